The van der Waals surface area contributed by atoms with Crippen molar-refractivity contribution < 1.29 is 19.3 Å². The Balaban J connectivity index is 2.21. The van der Waals surface area contributed by atoms with Gasteiger partial charge in [0, 0.05) is 39.9 Å². The lowest BCUT2D eigenvalue weighted by Gasteiger charge is -2.37. The van der Waals surface area contributed by atoms with E-state index in [0.29, 0.717) is 32.4 Å². The monoisotopic (exact) mass is 304 g/mol. The highest BCUT2D eigenvalue weighted by Gasteiger charge is 2.23. The van der Waals surface area contributed by atoms with Crippen LogP contribution in [-0.2, 0) is 14.2 Å². The van der Waals surface area contributed by atoms with Gasteiger partial charge in [0.15, 0.2) is 0 Å². The summed E-state index contributed by atoms with van der Waals surface area (Å²) in [6, 6.07) is 0.504. The first-order valence-corrected chi connectivity index (χ1v) is 7.96. The number of aliphatic hydroxyl groups excluding tert-OH is 1. The van der Waals surface area contributed by atoms with E-state index in [9.17, 15) is 5.11 Å². The molecule has 6 heteroatoms. The Kier molecular flexibility index (Phi) is 11.0. The van der Waals surface area contributed by atoms with Crippen molar-refractivity contribution in [2.45, 2.75) is 31.4 Å². The van der Waals surface area contributed by atoms with Crippen molar-refractivity contribution in [2.75, 3.05) is 66.8 Å². The highest BCUT2D eigenvalue weighted by molar-refractivity contribution is 4.80. The van der Waals surface area contributed by atoms with Crippen molar-refractivity contribution in [3.05, 3.63) is 0 Å². The third kappa shape index (κ3) is 8.70. The molecule has 2 N–H and O–H groups in total. The summed E-state index contributed by atoms with van der Waals surface area (Å²) in [7, 11) is 3.36. The fourth-order valence-corrected chi connectivity index (χ4v) is 2.66. The lowest BCUT2D eigenvalue weighted by Crippen LogP contribution is -2.49. The third-order valence-corrected chi connectivity index (χ3v) is 3.80. The molecule has 0 aromatic carbocycles. The summed E-state index contributed by atoms with van der Waals surface area (Å²) in [5.74, 6) is 0. The zero-order valence-corrected chi connectivity index (χ0v) is 13.6. The third-order valence-electron chi connectivity index (χ3n) is 3.80. The topological polar surface area (TPSA) is 63.2 Å². The second-order valence-corrected chi connectivity index (χ2v) is 5.56. The number of likely N-dealkylation sites (tertiary alicyclic amines) is 1. The summed E-state index contributed by atoms with van der Waals surface area (Å²) in [4.78, 5) is 2.38. The minimum absolute atomic E-state index is 0.379. The van der Waals surface area contributed by atoms with Crippen LogP contribution in [0.4, 0.5) is 0 Å². The molecule has 0 amide bonds. The standard InChI is InChI=1S/C15H32N2O4/c1-19-8-6-16-11-14-5-3-4-7-17(14)12-15(18)13-21-10-9-20-2/h14-16,18H,3-13H2,1-2H3. The van der Waals surface area contributed by atoms with Crippen LogP contribution in [0.25, 0.3) is 0 Å². The van der Waals surface area contributed by atoms with E-state index in [1.165, 1.54) is 19.3 Å². The first kappa shape index (κ1) is 18.8. The lowest BCUT2D eigenvalue weighted by molar-refractivity contribution is -0.0108. The van der Waals surface area contributed by atoms with E-state index in [1.54, 1.807) is 14.2 Å². The van der Waals surface area contributed by atoms with Crippen molar-refractivity contribution in [2.24, 2.45) is 0 Å². The minimum atomic E-state index is -0.429. The molecule has 0 spiro atoms. The van der Waals surface area contributed by atoms with Crippen molar-refractivity contribution in [3.63, 3.8) is 0 Å². The van der Waals surface area contributed by atoms with Gasteiger partial charge in [0.2, 0.25) is 0 Å². The molecule has 0 aromatic rings. The smallest absolute Gasteiger partial charge is 0.0900 e. The van der Waals surface area contributed by atoms with Crippen molar-refractivity contribution in [1.29, 1.82) is 0 Å². The highest BCUT2D eigenvalue weighted by Crippen LogP contribution is 2.16. The Bertz CT molecular complexity index is 244. The number of methoxy groups -OCH3 is 2. The molecule has 0 saturated carbocycles. The van der Waals surface area contributed by atoms with Gasteiger partial charge < -0.3 is 24.6 Å². The molecule has 1 aliphatic rings. The fourth-order valence-electron chi connectivity index (χ4n) is 2.66. The molecule has 0 aromatic heterocycles. The molecule has 21 heavy (non-hydrogen) atoms. The van der Waals surface area contributed by atoms with Gasteiger partial charge in [-0.1, -0.05) is 6.42 Å². The molecule has 6 nitrogen and oxygen atoms in total. The van der Waals surface area contributed by atoms with E-state index in [4.69, 9.17) is 14.2 Å². The summed E-state index contributed by atoms with van der Waals surface area (Å²) >= 11 is 0. The Labute approximate surface area is 128 Å². The van der Waals surface area contributed by atoms with Crippen molar-refractivity contribution in [3.8, 4) is 0 Å². The fraction of sp³-hybridized carbons (Fsp3) is 1.00. The van der Waals surface area contributed by atoms with Gasteiger partial charge in [-0.25, -0.2) is 0 Å². The van der Waals surface area contributed by atoms with Gasteiger partial charge in [-0.2, -0.15) is 0 Å². The van der Waals surface area contributed by atoms with Gasteiger partial charge in [0.25, 0.3) is 0 Å². The van der Waals surface area contributed by atoms with Crippen LogP contribution in [0.3, 0.4) is 0 Å². The molecule has 1 rings (SSSR count). The van der Waals surface area contributed by atoms with Crippen LogP contribution in [-0.4, -0.2) is 89.0 Å². The number of nitrogens with one attached hydrogen (secondary N) is 1. The minimum Gasteiger partial charge on any atom is -0.389 e. The van der Waals surface area contributed by atoms with Crippen LogP contribution in [0.15, 0.2) is 0 Å². The molecule has 1 aliphatic heterocycles. The van der Waals surface area contributed by atoms with Crippen LogP contribution in [0.2, 0.25) is 0 Å². The molecule has 0 bridgehead atoms. The number of rotatable bonds is 12. The maximum absolute atomic E-state index is 10.1. The first-order chi connectivity index (χ1) is 10.3. The first-order valence-electron chi connectivity index (χ1n) is 7.96. The summed E-state index contributed by atoms with van der Waals surface area (Å²) in [6.45, 7) is 5.81. The number of hydrogen-bond donors (Lipinski definition) is 2. The zero-order chi connectivity index (χ0) is 15.3. The second kappa shape index (κ2) is 12.3. The Morgan fingerprint density at radius 3 is 2.76 bits per heavy atom. The average molecular weight is 304 g/mol. The normalized spacial score (nSPS) is 21.6. The zero-order valence-electron chi connectivity index (χ0n) is 13.6. The Morgan fingerprint density at radius 2 is 2.00 bits per heavy atom. The molecule has 1 saturated heterocycles. The predicted octanol–water partition coefficient (Wildman–Crippen LogP) is 0.101. The van der Waals surface area contributed by atoms with Crippen molar-refractivity contribution >= 4 is 0 Å². The maximum atomic E-state index is 10.1. The summed E-state index contributed by atoms with van der Waals surface area (Å²) < 4.78 is 15.4. The lowest BCUT2D eigenvalue weighted by atomic mass is 10.0. The van der Waals surface area contributed by atoms with E-state index in [2.05, 4.69) is 10.2 Å². The van der Waals surface area contributed by atoms with E-state index >= 15 is 0 Å². The number of aliphatic hydroxyl groups is 1. The predicted molar refractivity (Wildman–Crippen MR) is 82.7 cm³/mol. The quantitative estimate of drug-likeness (QED) is 0.499. The van der Waals surface area contributed by atoms with Crippen LogP contribution in [0, 0.1) is 0 Å². The molecule has 2 atom stereocenters. The molecule has 0 radical (unpaired) electrons. The van der Waals surface area contributed by atoms with Crippen LogP contribution >= 0.6 is 0 Å². The maximum Gasteiger partial charge on any atom is 0.0900 e. The highest BCUT2D eigenvalue weighted by atomic mass is 16.5. The number of hydrogen-bond acceptors (Lipinski definition) is 6. The molecular weight excluding hydrogens is 272 g/mol. The van der Waals surface area contributed by atoms with E-state index in [1.807, 2.05) is 0 Å². The Hall–Kier alpha value is -0.240. The largest absolute Gasteiger partial charge is 0.389 e. The van der Waals surface area contributed by atoms with Gasteiger partial charge in [-0.3, -0.25) is 4.90 Å². The molecule has 1 heterocycles. The van der Waals surface area contributed by atoms with Crippen LogP contribution in [0.1, 0.15) is 19.3 Å². The summed E-state index contributed by atoms with van der Waals surface area (Å²) in [5, 5.41) is 13.5. The van der Waals surface area contributed by atoms with Crippen LogP contribution < -0.4 is 5.32 Å². The van der Waals surface area contributed by atoms with Crippen LogP contribution in [0.5, 0.6) is 0 Å². The van der Waals surface area contributed by atoms with Gasteiger partial charge in [-0.15, -0.1) is 0 Å². The van der Waals surface area contributed by atoms with Gasteiger partial charge in [-0.05, 0) is 19.4 Å². The number of β-amino-alcohol motifs (C(OH)–C–C–N with tert-alkyl or cyclic N) is 1. The molecule has 0 aliphatic carbocycles. The molecular formula is C15H32N2O4. The van der Waals surface area contributed by atoms with Gasteiger partial charge in [0.05, 0.1) is 32.5 Å². The van der Waals surface area contributed by atoms with Gasteiger partial charge in [0.1, 0.15) is 0 Å². The number of piperidine rings is 1. The second-order valence-electron chi connectivity index (χ2n) is 5.56. The van der Waals surface area contributed by atoms with E-state index in [0.717, 1.165) is 26.2 Å². The molecule has 2 unspecified atom stereocenters. The van der Waals surface area contributed by atoms with E-state index < -0.39 is 6.10 Å². The van der Waals surface area contributed by atoms with E-state index in [-0.39, 0.29) is 0 Å². The summed E-state index contributed by atoms with van der Waals surface area (Å²) in [5.41, 5.74) is 0. The molecule has 1 fully saturated rings. The Morgan fingerprint density at radius 1 is 1.19 bits per heavy atom. The van der Waals surface area contributed by atoms with Gasteiger partial charge >= 0.3 is 0 Å². The number of ether oxygens (including phenoxy) is 3. The van der Waals surface area contributed by atoms with Crippen molar-refractivity contribution in [1.82, 2.24) is 10.2 Å². The average Bonchev–Trinajstić information content (AvgIpc) is 2.50. The molecule has 126 valence electrons. The SMILES string of the molecule is COCCNCC1CCCCN1CC(O)COCCOC. The number of nitrogens with zero attached hydrogens (tertiary/aromatic N) is 1. The summed E-state index contributed by atoms with van der Waals surface area (Å²) in [6.07, 6.45) is 3.25.